The van der Waals surface area contributed by atoms with E-state index in [9.17, 15) is 9.18 Å². The van der Waals surface area contributed by atoms with E-state index in [1.54, 1.807) is 18.6 Å². The summed E-state index contributed by atoms with van der Waals surface area (Å²) in [5.41, 5.74) is 1.86. The van der Waals surface area contributed by atoms with E-state index in [0.29, 0.717) is 17.8 Å². The van der Waals surface area contributed by atoms with Gasteiger partial charge >= 0.3 is 0 Å². The van der Waals surface area contributed by atoms with Gasteiger partial charge in [-0.3, -0.25) is 4.79 Å². The molecule has 0 fully saturated rings. The average Bonchev–Trinajstić information content (AvgIpc) is 3.07. The zero-order valence-electron chi connectivity index (χ0n) is 12.4. The van der Waals surface area contributed by atoms with Crippen molar-refractivity contribution in [2.24, 2.45) is 0 Å². The Balaban J connectivity index is 1.76. The molecular weight excluding hydrogens is 283 g/mol. The average molecular weight is 300 g/mol. The molecule has 114 valence electrons. The number of hydrogen-bond acceptors (Lipinski definition) is 2. The third-order valence-electron chi connectivity index (χ3n) is 3.58. The van der Waals surface area contributed by atoms with E-state index in [4.69, 9.17) is 0 Å². The van der Waals surface area contributed by atoms with Crippen LogP contribution in [0.15, 0.2) is 36.9 Å². The lowest BCUT2D eigenvalue weighted by molar-refractivity contribution is 0.0932. The molecule has 3 aromatic rings. The monoisotopic (exact) mass is 300 g/mol. The van der Waals surface area contributed by atoms with Crippen molar-refractivity contribution in [1.82, 2.24) is 19.9 Å². The van der Waals surface area contributed by atoms with Crippen LogP contribution in [0.5, 0.6) is 0 Å². The molecule has 0 spiro atoms. The number of H-pyrrole nitrogens is 1. The van der Waals surface area contributed by atoms with Crippen molar-refractivity contribution in [2.45, 2.75) is 26.4 Å². The number of benzene rings is 1. The zero-order chi connectivity index (χ0) is 15.7. The Labute approximate surface area is 127 Å². The van der Waals surface area contributed by atoms with Crippen LogP contribution in [0.2, 0.25) is 0 Å². The van der Waals surface area contributed by atoms with E-state index < -0.39 is 0 Å². The summed E-state index contributed by atoms with van der Waals surface area (Å²) in [5, 5.41) is 3.77. The number of nitrogens with zero attached hydrogens (tertiary/aromatic N) is 2. The van der Waals surface area contributed by atoms with Crippen LogP contribution in [0.4, 0.5) is 4.39 Å². The molecule has 2 N–H and O–H groups in total. The summed E-state index contributed by atoms with van der Waals surface area (Å²) in [4.78, 5) is 19.2. The lowest BCUT2D eigenvalue weighted by Crippen LogP contribution is -2.35. The number of carbonyl (C=O) groups excluding carboxylic acids is 1. The zero-order valence-corrected chi connectivity index (χ0v) is 12.4. The van der Waals surface area contributed by atoms with Crippen molar-refractivity contribution in [1.29, 1.82) is 0 Å². The maximum Gasteiger partial charge on any atom is 0.267 e. The first-order valence-corrected chi connectivity index (χ1v) is 7.08. The number of amides is 1. The summed E-state index contributed by atoms with van der Waals surface area (Å²) in [6.07, 6.45) is 5.25. The van der Waals surface area contributed by atoms with E-state index in [1.165, 1.54) is 12.1 Å². The minimum absolute atomic E-state index is 0.0501. The van der Waals surface area contributed by atoms with Crippen LogP contribution in [0.25, 0.3) is 10.9 Å². The third-order valence-corrected chi connectivity index (χ3v) is 3.58. The number of hydrogen-bond donors (Lipinski definition) is 2. The molecule has 1 unspecified atom stereocenters. The Hall–Kier alpha value is -2.63. The van der Waals surface area contributed by atoms with Crippen LogP contribution in [0.1, 0.15) is 23.0 Å². The van der Waals surface area contributed by atoms with E-state index >= 15 is 0 Å². The van der Waals surface area contributed by atoms with Crippen LogP contribution < -0.4 is 5.32 Å². The second-order valence-corrected chi connectivity index (χ2v) is 5.50. The second-order valence-electron chi connectivity index (χ2n) is 5.50. The van der Waals surface area contributed by atoms with Crippen LogP contribution in [0.3, 0.4) is 0 Å². The van der Waals surface area contributed by atoms with Crippen LogP contribution >= 0.6 is 0 Å². The molecule has 2 heterocycles. The van der Waals surface area contributed by atoms with Gasteiger partial charge in [-0.05, 0) is 37.6 Å². The molecule has 0 aliphatic carbocycles. The number of imidazole rings is 1. The van der Waals surface area contributed by atoms with Crippen LogP contribution in [-0.4, -0.2) is 26.5 Å². The summed E-state index contributed by atoms with van der Waals surface area (Å²) in [6, 6.07) is 4.56. The lowest BCUT2D eigenvalue weighted by Gasteiger charge is -2.13. The number of nitrogens with one attached hydrogen (secondary N) is 2. The highest BCUT2D eigenvalue weighted by atomic mass is 19.1. The summed E-state index contributed by atoms with van der Waals surface area (Å²) in [6.45, 7) is 4.38. The van der Waals surface area contributed by atoms with Gasteiger partial charge in [0.05, 0.1) is 6.33 Å². The van der Waals surface area contributed by atoms with Gasteiger partial charge in [-0.25, -0.2) is 9.37 Å². The van der Waals surface area contributed by atoms with Gasteiger partial charge in [0.25, 0.3) is 5.91 Å². The molecule has 0 bridgehead atoms. The predicted octanol–water partition coefficient (Wildman–Crippen LogP) is 2.63. The number of carbonyl (C=O) groups is 1. The number of aryl methyl sites for hydroxylation is 1. The number of rotatable bonds is 4. The topological polar surface area (TPSA) is 62.7 Å². The molecule has 22 heavy (non-hydrogen) atoms. The molecule has 6 heteroatoms. The SMILES string of the molecule is Cc1cc(F)cc2[nH]c(C(=O)NC(C)Cn3ccnc3)cc12. The second kappa shape index (κ2) is 5.63. The highest BCUT2D eigenvalue weighted by Gasteiger charge is 2.14. The molecule has 0 saturated carbocycles. The molecule has 0 aliphatic rings. The van der Waals surface area contributed by atoms with Crippen molar-refractivity contribution >= 4 is 16.8 Å². The molecule has 0 radical (unpaired) electrons. The molecule has 0 saturated heterocycles. The largest absolute Gasteiger partial charge is 0.350 e. The van der Waals surface area contributed by atoms with E-state index in [2.05, 4.69) is 15.3 Å². The van der Waals surface area contributed by atoms with Gasteiger partial charge in [0.15, 0.2) is 0 Å². The fourth-order valence-corrected chi connectivity index (χ4v) is 2.56. The van der Waals surface area contributed by atoms with Crippen molar-refractivity contribution in [3.8, 4) is 0 Å². The predicted molar refractivity (Wildman–Crippen MR) is 82.1 cm³/mol. The fraction of sp³-hybridized carbons (Fsp3) is 0.250. The first-order chi connectivity index (χ1) is 10.5. The highest BCUT2D eigenvalue weighted by molar-refractivity contribution is 5.98. The van der Waals surface area contributed by atoms with E-state index in [-0.39, 0.29) is 17.8 Å². The molecular formula is C16H17FN4O. The first-order valence-electron chi connectivity index (χ1n) is 7.08. The van der Waals surface area contributed by atoms with Crippen LogP contribution in [0, 0.1) is 12.7 Å². The molecule has 0 aliphatic heterocycles. The van der Waals surface area contributed by atoms with Gasteiger partial charge in [-0.15, -0.1) is 0 Å². The summed E-state index contributed by atoms with van der Waals surface area (Å²) < 4.78 is 15.3. The van der Waals surface area contributed by atoms with Crippen molar-refractivity contribution in [3.05, 3.63) is 54.0 Å². The van der Waals surface area contributed by atoms with Crippen molar-refractivity contribution in [3.63, 3.8) is 0 Å². The Morgan fingerprint density at radius 3 is 3.00 bits per heavy atom. The van der Waals surface area contributed by atoms with Gasteiger partial charge in [-0.1, -0.05) is 0 Å². The summed E-state index contributed by atoms with van der Waals surface area (Å²) in [5.74, 6) is -0.518. The molecule has 2 aromatic heterocycles. The minimum atomic E-state index is -0.313. The quantitative estimate of drug-likeness (QED) is 0.778. The Morgan fingerprint density at radius 1 is 1.45 bits per heavy atom. The maximum absolute atomic E-state index is 13.4. The van der Waals surface area contributed by atoms with E-state index in [1.807, 2.05) is 24.6 Å². The van der Waals surface area contributed by atoms with Crippen molar-refractivity contribution < 1.29 is 9.18 Å². The lowest BCUT2D eigenvalue weighted by atomic mass is 10.1. The minimum Gasteiger partial charge on any atom is -0.350 e. The standard InChI is InChI=1S/C16H17FN4O/c1-10-5-12(17)6-14-13(10)7-15(20-14)16(22)19-11(2)8-21-4-3-18-9-21/h3-7,9,11,20H,8H2,1-2H3,(H,19,22). The van der Waals surface area contributed by atoms with Gasteiger partial charge in [0, 0.05) is 35.9 Å². The number of fused-ring (bicyclic) bond motifs is 1. The van der Waals surface area contributed by atoms with Gasteiger partial charge in [0.2, 0.25) is 0 Å². The highest BCUT2D eigenvalue weighted by Crippen LogP contribution is 2.21. The van der Waals surface area contributed by atoms with Crippen LogP contribution in [-0.2, 0) is 6.54 Å². The molecule has 1 atom stereocenters. The van der Waals surface area contributed by atoms with E-state index in [0.717, 1.165) is 10.9 Å². The Morgan fingerprint density at radius 2 is 2.27 bits per heavy atom. The molecule has 3 rings (SSSR count). The molecule has 1 amide bonds. The number of aromatic amines is 1. The molecule has 5 nitrogen and oxygen atoms in total. The fourth-order valence-electron chi connectivity index (χ4n) is 2.56. The van der Waals surface area contributed by atoms with Crippen molar-refractivity contribution in [2.75, 3.05) is 0 Å². The summed E-state index contributed by atoms with van der Waals surface area (Å²) in [7, 11) is 0. The van der Waals surface area contributed by atoms with Gasteiger partial charge in [0.1, 0.15) is 11.5 Å². The Kier molecular flexibility index (Phi) is 3.66. The normalized spacial score (nSPS) is 12.5. The molecule has 1 aromatic carbocycles. The summed E-state index contributed by atoms with van der Waals surface area (Å²) >= 11 is 0. The Bertz CT molecular complexity index is 807. The van der Waals surface area contributed by atoms with Gasteiger partial charge in [-0.2, -0.15) is 0 Å². The first kappa shape index (κ1) is 14.3. The smallest absolute Gasteiger partial charge is 0.267 e. The third kappa shape index (κ3) is 2.86. The number of aromatic nitrogens is 3. The maximum atomic E-state index is 13.4. The van der Waals surface area contributed by atoms with Gasteiger partial charge < -0.3 is 14.9 Å². The number of halogens is 1.